The van der Waals surface area contributed by atoms with Crippen molar-refractivity contribution in [1.29, 1.82) is 0 Å². The molecule has 1 fully saturated rings. The Morgan fingerprint density at radius 1 is 1.24 bits per heavy atom. The second kappa shape index (κ2) is 7.25. The second-order valence-electron chi connectivity index (χ2n) is 6.30. The summed E-state index contributed by atoms with van der Waals surface area (Å²) in [4.78, 5) is 7.16. The zero-order valence-corrected chi connectivity index (χ0v) is 13.9. The Labute approximate surface area is 129 Å². The highest BCUT2D eigenvalue weighted by Crippen LogP contribution is 2.27. The molecule has 1 aromatic rings. The monoisotopic (exact) mass is 290 g/mol. The van der Waals surface area contributed by atoms with Crippen LogP contribution in [0.25, 0.3) is 0 Å². The van der Waals surface area contributed by atoms with Gasteiger partial charge in [0.15, 0.2) is 0 Å². The summed E-state index contributed by atoms with van der Waals surface area (Å²) < 4.78 is 0. The van der Waals surface area contributed by atoms with Gasteiger partial charge in [0.1, 0.15) is 0 Å². The summed E-state index contributed by atoms with van der Waals surface area (Å²) in [6.07, 6.45) is 1.18. The van der Waals surface area contributed by atoms with Crippen LogP contribution in [0.2, 0.25) is 0 Å². The summed E-state index contributed by atoms with van der Waals surface area (Å²) in [5.41, 5.74) is 8.69. The van der Waals surface area contributed by atoms with Crippen molar-refractivity contribution < 1.29 is 0 Å². The number of rotatable bonds is 5. The normalized spacial score (nSPS) is 22.2. The number of hydrogen-bond acceptors (Lipinski definition) is 4. The third-order valence-corrected chi connectivity index (χ3v) is 4.62. The first kappa shape index (κ1) is 16.3. The molecule has 0 bridgehead atoms. The van der Waals surface area contributed by atoms with E-state index in [1.165, 1.54) is 17.7 Å². The summed E-state index contributed by atoms with van der Waals surface area (Å²) in [5, 5.41) is 0. The summed E-state index contributed by atoms with van der Waals surface area (Å²) in [6, 6.07) is 9.78. The van der Waals surface area contributed by atoms with Crippen molar-refractivity contribution in [3.63, 3.8) is 0 Å². The molecule has 2 unspecified atom stereocenters. The molecule has 0 aliphatic carbocycles. The van der Waals surface area contributed by atoms with Crippen LogP contribution in [-0.4, -0.2) is 63.2 Å². The van der Waals surface area contributed by atoms with E-state index in [-0.39, 0.29) is 0 Å². The number of anilines is 1. The van der Waals surface area contributed by atoms with Gasteiger partial charge in [0.2, 0.25) is 0 Å². The predicted octanol–water partition coefficient (Wildman–Crippen LogP) is 1.78. The topological polar surface area (TPSA) is 35.7 Å². The maximum atomic E-state index is 6.12. The van der Waals surface area contributed by atoms with Crippen molar-refractivity contribution in [2.75, 3.05) is 52.2 Å². The van der Waals surface area contributed by atoms with Crippen LogP contribution < -0.4 is 10.6 Å². The minimum absolute atomic E-state index is 0.333. The van der Waals surface area contributed by atoms with E-state index in [1.807, 2.05) is 0 Å². The quantitative estimate of drug-likeness (QED) is 0.897. The highest BCUT2D eigenvalue weighted by atomic mass is 15.3. The van der Waals surface area contributed by atoms with Gasteiger partial charge in [0.25, 0.3) is 0 Å². The van der Waals surface area contributed by atoms with E-state index < -0.39 is 0 Å². The minimum atomic E-state index is 0.333. The molecule has 118 valence electrons. The molecule has 1 heterocycles. The van der Waals surface area contributed by atoms with Crippen LogP contribution in [0, 0.1) is 0 Å². The molecule has 0 radical (unpaired) electrons. The second-order valence-corrected chi connectivity index (χ2v) is 6.30. The van der Waals surface area contributed by atoms with E-state index in [1.54, 1.807) is 0 Å². The average molecular weight is 290 g/mol. The molecule has 1 aliphatic heterocycles. The SMILES string of the molecule is CCC1CN(C)CCN1C(CN)c1ccc(N(C)C)cc1. The molecule has 4 heteroatoms. The van der Waals surface area contributed by atoms with E-state index >= 15 is 0 Å². The lowest BCUT2D eigenvalue weighted by Gasteiger charge is -2.44. The molecule has 4 nitrogen and oxygen atoms in total. The van der Waals surface area contributed by atoms with Crippen LogP contribution in [0.1, 0.15) is 24.9 Å². The Balaban J connectivity index is 2.18. The average Bonchev–Trinajstić information content (AvgIpc) is 2.49. The first-order chi connectivity index (χ1) is 10.1. The Morgan fingerprint density at radius 2 is 1.90 bits per heavy atom. The summed E-state index contributed by atoms with van der Waals surface area (Å²) in [7, 11) is 6.36. The number of hydrogen-bond donors (Lipinski definition) is 1. The fraction of sp³-hybridized carbons (Fsp3) is 0.647. The van der Waals surface area contributed by atoms with Crippen molar-refractivity contribution in [2.45, 2.75) is 25.4 Å². The molecule has 21 heavy (non-hydrogen) atoms. The number of nitrogens with zero attached hydrogens (tertiary/aromatic N) is 3. The van der Waals surface area contributed by atoms with Gasteiger partial charge in [-0.15, -0.1) is 0 Å². The van der Waals surface area contributed by atoms with Crippen molar-refractivity contribution in [3.05, 3.63) is 29.8 Å². The summed E-state index contributed by atoms with van der Waals surface area (Å²) in [6.45, 7) is 6.33. The van der Waals surface area contributed by atoms with Gasteiger partial charge in [-0.05, 0) is 31.2 Å². The first-order valence-corrected chi connectivity index (χ1v) is 7.98. The third kappa shape index (κ3) is 3.76. The van der Waals surface area contributed by atoms with Crippen LogP contribution in [-0.2, 0) is 0 Å². The van der Waals surface area contributed by atoms with Crippen molar-refractivity contribution in [3.8, 4) is 0 Å². The highest BCUT2D eigenvalue weighted by Gasteiger charge is 2.29. The van der Waals surface area contributed by atoms with Gasteiger partial charge in [-0.25, -0.2) is 0 Å². The summed E-state index contributed by atoms with van der Waals surface area (Å²) in [5.74, 6) is 0. The van der Waals surface area contributed by atoms with Gasteiger partial charge in [0, 0.05) is 58.0 Å². The van der Waals surface area contributed by atoms with Gasteiger partial charge in [-0.1, -0.05) is 19.1 Å². The fourth-order valence-electron chi connectivity index (χ4n) is 3.26. The predicted molar refractivity (Wildman–Crippen MR) is 90.8 cm³/mol. The van der Waals surface area contributed by atoms with E-state index in [9.17, 15) is 0 Å². The lowest BCUT2D eigenvalue weighted by atomic mass is 10.00. The molecule has 0 amide bonds. The van der Waals surface area contributed by atoms with Crippen LogP contribution in [0.4, 0.5) is 5.69 Å². The smallest absolute Gasteiger partial charge is 0.0474 e. The van der Waals surface area contributed by atoms with Crippen molar-refractivity contribution >= 4 is 5.69 Å². The van der Waals surface area contributed by atoms with Crippen LogP contribution >= 0.6 is 0 Å². The number of piperazine rings is 1. The van der Waals surface area contributed by atoms with Crippen LogP contribution in [0.5, 0.6) is 0 Å². The molecule has 0 aromatic heterocycles. The van der Waals surface area contributed by atoms with Gasteiger partial charge in [0.05, 0.1) is 0 Å². The zero-order chi connectivity index (χ0) is 15.4. The van der Waals surface area contributed by atoms with Crippen molar-refractivity contribution in [1.82, 2.24) is 9.80 Å². The molecule has 0 spiro atoms. The highest BCUT2D eigenvalue weighted by molar-refractivity contribution is 5.46. The standard InChI is InChI=1S/C17H30N4/c1-5-15-13-20(4)10-11-21(15)17(12-18)14-6-8-16(9-7-14)19(2)3/h6-9,15,17H,5,10-13,18H2,1-4H3. The molecule has 0 saturated carbocycles. The third-order valence-electron chi connectivity index (χ3n) is 4.62. The van der Waals surface area contributed by atoms with E-state index in [4.69, 9.17) is 5.73 Å². The maximum absolute atomic E-state index is 6.12. The number of likely N-dealkylation sites (N-methyl/N-ethyl adjacent to an activating group) is 1. The van der Waals surface area contributed by atoms with Gasteiger partial charge in [-0.3, -0.25) is 4.90 Å². The van der Waals surface area contributed by atoms with Crippen LogP contribution in [0.15, 0.2) is 24.3 Å². The first-order valence-electron chi connectivity index (χ1n) is 7.98. The Kier molecular flexibility index (Phi) is 5.62. The molecule has 1 aliphatic rings. The largest absolute Gasteiger partial charge is 0.378 e. The molecular formula is C17H30N4. The molecule has 2 atom stereocenters. The molecular weight excluding hydrogens is 260 g/mol. The van der Waals surface area contributed by atoms with Crippen LogP contribution in [0.3, 0.4) is 0 Å². The zero-order valence-electron chi connectivity index (χ0n) is 13.9. The number of benzene rings is 1. The van der Waals surface area contributed by atoms with E-state index in [0.717, 1.165) is 19.6 Å². The maximum Gasteiger partial charge on any atom is 0.0474 e. The lowest BCUT2D eigenvalue weighted by molar-refractivity contribution is 0.0521. The van der Waals surface area contributed by atoms with Gasteiger partial charge in [-0.2, -0.15) is 0 Å². The minimum Gasteiger partial charge on any atom is -0.378 e. The lowest BCUT2D eigenvalue weighted by Crippen LogP contribution is -2.53. The van der Waals surface area contributed by atoms with Gasteiger partial charge >= 0.3 is 0 Å². The fourth-order valence-corrected chi connectivity index (χ4v) is 3.26. The molecule has 1 aromatic carbocycles. The van der Waals surface area contributed by atoms with Gasteiger partial charge < -0.3 is 15.5 Å². The Hall–Kier alpha value is -1.10. The molecule has 2 rings (SSSR count). The van der Waals surface area contributed by atoms with E-state index in [0.29, 0.717) is 18.6 Å². The molecule has 2 N–H and O–H groups in total. The summed E-state index contributed by atoms with van der Waals surface area (Å²) >= 11 is 0. The number of nitrogens with two attached hydrogens (primary N) is 1. The van der Waals surface area contributed by atoms with Crippen molar-refractivity contribution in [2.24, 2.45) is 5.73 Å². The molecule has 1 saturated heterocycles. The van der Waals surface area contributed by atoms with E-state index in [2.05, 4.69) is 67.0 Å². The Morgan fingerprint density at radius 3 is 2.43 bits per heavy atom. The Bertz CT molecular complexity index is 429.